The van der Waals surface area contributed by atoms with Crippen LogP contribution in [-0.4, -0.2) is 35.4 Å². The highest BCUT2D eigenvalue weighted by Crippen LogP contribution is 2.12. The molecule has 6 heteroatoms. The summed E-state index contributed by atoms with van der Waals surface area (Å²) in [6.07, 6.45) is 4.50. The molecule has 0 radical (unpaired) electrons. The lowest BCUT2D eigenvalue weighted by Gasteiger charge is -2.26. The fraction of sp³-hybridized carbons (Fsp3) is 0.538. The van der Waals surface area contributed by atoms with E-state index in [0.29, 0.717) is 13.0 Å². The number of amides is 1. The normalized spacial score (nSPS) is 15.4. The van der Waals surface area contributed by atoms with Gasteiger partial charge < -0.3 is 10.2 Å². The molecule has 4 nitrogen and oxygen atoms in total. The van der Waals surface area contributed by atoms with Crippen molar-refractivity contribution in [3.8, 4) is 0 Å². The van der Waals surface area contributed by atoms with E-state index in [0.717, 1.165) is 38.2 Å². The number of hydrogen-bond donors (Lipinski definition) is 1. The number of nitrogens with zero attached hydrogens (tertiary/aromatic N) is 2. The number of carbonyl (C=O) groups is 1. The molecule has 0 bridgehead atoms. The minimum Gasteiger partial charge on any atom is -0.367 e. The molecule has 1 fully saturated rings. The van der Waals surface area contributed by atoms with Crippen molar-refractivity contribution in [1.29, 1.82) is 0 Å². The second-order valence-electron chi connectivity index (χ2n) is 4.60. The maximum absolute atomic E-state index is 13.3. The van der Waals surface area contributed by atoms with Crippen molar-refractivity contribution >= 4 is 11.7 Å². The maximum atomic E-state index is 13.3. The summed E-state index contributed by atoms with van der Waals surface area (Å²) in [7, 11) is 0. The summed E-state index contributed by atoms with van der Waals surface area (Å²) in [5.74, 6) is -1.42. The maximum Gasteiger partial charge on any atom is 0.224 e. The van der Waals surface area contributed by atoms with Crippen LogP contribution in [0.25, 0.3) is 0 Å². The first kappa shape index (κ1) is 13.7. The molecule has 0 spiro atoms. The van der Waals surface area contributed by atoms with Gasteiger partial charge in [-0.05, 0) is 19.3 Å². The van der Waals surface area contributed by atoms with Gasteiger partial charge in [0.1, 0.15) is 5.82 Å². The number of likely N-dealkylation sites (tertiary alicyclic amines) is 1. The predicted molar refractivity (Wildman–Crippen MR) is 67.7 cm³/mol. The van der Waals surface area contributed by atoms with Crippen molar-refractivity contribution in [2.75, 3.05) is 25.0 Å². The molecule has 19 heavy (non-hydrogen) atoms. The lowest BCUT2D eigenvalue weighted by Crippen LogP contribution is -2.36. The molecule has 1 amide bonds. The molecular formula is C13H17F2N3O. The first-order chi connectivity index (χ1) is 9.16. The van der Waals surface area contributed by atoms with Gasteiger partial charge in [0.15, 0.2) is 11.6 Å². The zero-order valence-corrected chi connectivity index (χ0v) is 10.7. The second-order valence-corrected chi connectivity index (χ2v) is 4.60. The molecule has 1 N–H and O–H groups in total. The minimum atomic E-state index is -0.745. The van der Waals surface area contributed by atoms with Crippen LogP contribution >= 0.6 is 0 Å². The Bertz CT molecular complexity index is 448. The van der Waals surface area contributed by atoms with Crippen molar-refractivity contribution in [3.63, 3.8) is 0 Å². The number of aromatic nitrogens is 1. The van der Waals surface area contributed by atoms with Crippen LogP contribution in [0.4, 0.5) is 14.6 Å². The highest BCUT2D eigenvalue weighted by atomic mass is 19.1. The van der Waals surface area contributed by atoms with Crippen LogP contribution in [0.3, 0.4) is 0 Å². The zero-order chi connectivity index (χ0) is 13.7. The van der Waals surface area contributed by atoms with Gasteiger partial charge in [0.05, 0.1) is 6.20 Å². The number of rotatable bonds is 4. The van der Waals surface area contributed by atoms with Crippen LogP contribution in [-0.2, 0) is 4.79 Å². The van der Waals surface area contributed by atoms with Gasteiger partial charge in [-0.1, -0.05) is 0 Å². The number of carbonyl (C=O) groups excluding carboxylic acids is 1. The number of nitrogens with one attached hydrogen (secondary N) is 1. The molecule has 1 aromatic heterocycles. The molecule has 2 heterocycles. The lowest BCUT2D eigenvalue weighted by atomic mass is 10.1. The minimum absolute atomic E-state index is 0.0205. The fourth-order valence-corrected chi connectivity index (χ4v) is 2.13. The van der Waals surface area contributed by atoms with Crippen LogP contribution in [0.5, 0.6) is 0 Å². The van der Waals surface area contributed by atoms with Crippen LogP contribution in [0.1, 0.15) is 25.7 Å². The average Bonchev–Trinajstić information content (AvgIpc) is 2.42. The van der Waals surface area contributed by atoms with Crippen LogP contribution in [0.15, 0.2) is 12.3 Å². The summed E-state index contributed by atoms with van der Waals surface area (Å²) in [6.45, 7) is 1.91. The smallest absolute Gasteiger partial charge is 0.224 e. The van der Waals surface area contributed by atoms with E-state index in [4.69, 9.17) is 0 Å². The van der Waals surface area contributed by atoms with E-state index in [2.05, 4.69) is 10.3 Å². The Balaban J connectivity index is 1.78. The molecular weight excluding hydrogens is 252 g/mol. The quantitative estimate of drug-likeness (QED) is 0.911. The van der Waals surface area contributed by atoms with E-state index in [1.807, 2.05) is 4.90 Å². The van der Waals surface area contributed by atoms with Crippen LogP contribution in [0.2, 0.25) is 0 Å². The van der Waals surface area contributed by atoms with E-state index < -0.39 is 11.6 Å². The highest BCUT2D eigenvalue weighted by Gasteiger charge is 2.16. The number of pyridine rings is 1. The van der Waals surface area contributed by atoms with Gasteiger partial charge in [-0.25, -0.2) is 13.8 Å². The van der Waals surface area contributed by atoms with Gasteiger partial charge in [0.25, 0.3) is 0 Å². The molecule has 1 aromatic rings. The average molecular weight is 269 g/mol. The summed E-state index contributed by atoms with van der Waals surface area (Å²) >= 11 is 0. The van der Waals surface area contributed by atoms with Crippen molar-refractivity contribution in [3.05, 3.63) is 23.9 Å². The molecule has 1 aliphatic rings. The number of halogens is 2. The SMILES string of the molecule is O=C(CCNc1ncc(F)cc1F)N1CCCCC1. The Morgan fingerprint density at radius 1 is 1.32 bits per heavy atom. The predicted octanol–water partition coefficient (Wildman–Crippen LogP) is 2.17. The van der Waals surface area contributed by atoms with E-state index in [9.17, 15) is 13.6 Å². The molecule has 104 valence electrons. The Hall–Kier alpha value is -1.72. The number of piperidine rings is 1. The summed E-state index contributed by atoms with van der Waals surface area (Å²) in [5.41, 5.74) is 0. The standard InChI is InChI=1S/C13H17F2N3O/c14-10-8-11(15)13(17-9-10)16-5-4-12(19)18-6-2-1-3-7-18/h8-9H,1-7H2,(H,16,17). The first-order valence-electron chi connectivity index (χ1n) is 6.49. The van der Waals surface area contributed by atoms with Crippen molar-refractivity contribution in [2.24, 2.45) is 0 Å². The fourth-order valence-electron chi connectivity index (χ4n) is 2.13. The molecule has 1 aliphatic heterocycles. The third-order valence-electron chi connectivity index (χ3n) is 3.15. The van der Waals surface area contributed by atoms with Gasteiger partial charge in [-0.15, -0.1) is 0 Å². The zero-order valence-electron chi connectivity index (χ0n) is 10.7. The molecule has 0 aliphatic carbocycles. The third kappa shape index (κ3) is 3.87. The molecule has 0 aromatic carbocycles. The monoisotopic (exact) mass is 269 g/mol. The van der Waals surface area contributed by atoms with Crippen molar-refractivity contribution in [1.82, 2.24) is 9.88 Å². The van der Waals surface area contributed by atoms with Crippen molar-refractivity contribution in [2.45, 2.75) is 25.7 Å². The Labute approximate surface area is 110 Å². The Morgan fingerprint density at radius 3 is 2.74 bits per heavy atom. The third-order valence-corrected chi connectivity index (χ3v) is 3.15. The van der Waals surface area contributed by atoms with Crippen LogP contribution in [0, 0.1) is 11.6 Å². The molecule has 0 saturated carbocycles. The first-order valence-corrected chi connectivity index (χ1v) is 6.49. The number of hydrogen-bond acceptors (Lipinski definition) is 3. The van der Waals surface area contributed by atoms with Gasteiger partial charge in [0, 0.05) is 32.1 Å². The summed E-state index contributed by atoms with van der Waals surface area (Å²) in [6, 6.07) is 0.766. The van der Waals surface area contributed by atoms with Gasteiger partial charge in [0.2, 0.25) is 5.91 Å². The van der Waals surface area contributed by atoms with E-state index >= 15 is 0 Å². The van der Waals surface area contributed by atoms with Gasteiger partial charge >= 0.3 is 0 Å². The Kier molecular flexibility index (Phi) is 4.65. The summed E-state index contributed by atoms with van der Waals surface area (Å²) in [5, 5.41) is 2.71. The largest absolute Gasteiger partial charge is 0.367 e. The molecule has 2 rings (SSSR count). The second kappa shape index (κ2) is 6.45. The highest BCUT2D eigenvalue weighted by molar-refractivity contribution is 5.76. The number of anilines is 1. The van der Waals surface area contributed by atoms with E-state index in [-0.39, 0.29) is 11.7 Å². The molecule has 0 atom stereocenters. The van der Waals surface area contributed by atoms with Crippen molar-refractivity contribution < 1.29 is 13.6 Å². The topological polar surface area (TPSA) is 45.2 Å². The Morgan fingerprint density at radius 2 is 2.05 bits per heavy atom. The molecule has 1 saturated heterocycles. The lowest BCUT2D eigenvalue weighted by molar-refractivity contribution is -0.131. The summed E-state index contributed by atoms with van der Waals surface area (Å²) in [4.78, 5) is 17.3. The van der Waals surface area contributed by atoms with E-state index in [1.165, 1.54) is 6.42 Å². The van der Waals surface area contributed by atoms with E-state index in [1.54, 1.807) is 0 Å². The van der Waals surface area contributed by atoms with Gasteiger partial charge in [-0.2, -0.15) is 0 Å². The van der Waals surface area contributed by atoms with Crippen LogP contribution < -0.4 is 5.32 Å². The van der Waals surface area contributed by atoms with Gasteiger partial charge in [-0.3, -0.25) is 4.79 Å². The molecule has 0 unspecified atom stereocenters. The summed E-state index contributed by atoms with van der Waals surface area (Å²) < 4.78 is 25.9.